The van der Waals surface area contributed by atoms with Gasteiger partial charge >= 0.3 is 0 Å². The zero-order valence-electron chi connectivity index (χ0n) is 10.3. The van der Waals surface area contributed by atoms with Crippen LogP contribution in [0.3, 0.4) is 0 Å². The first-order valence-electron chi connectivity index (χ1n) is 5.50. The zero-order chi connectivity index (χ0) is 13.0. The Bertz CT molecular complexity index is 533. The predicted octanol–water partition coefficient (Wildman–Crippen LogP) is 2.99. The number of rotatable bonds is 4. The molecular weight excluding hydrogens is 250 g/mol. The highest BCUT2D eigenvalue weighted by atomic mass is 35.5. The molecule has 0 saturated carbocycles. The quantitative estimate of drug-likeness (QED) is 0.795. The van der Waals surface area contributed by atoms with Gasteiger partial charge in [-0.3, -0.25) is 4.98 Å². The average molecular weight is 264 g/mol. The molecule has 0 bridgehead atoms. The molecule has 18 heavy (non-hydrogen) atoms. The monoisotopic (exact) mass is 263 g/mol. The normalized spacial score (nSPS) is 10.2. The summed E-state index contributed by atoms with van der Waals surface area (Å²) >= 11 is 5.76. The van der Waals surface area contributed by atoms with Crippen LogP contribution in [0.4, 0.5) is 11.5 Å². The number of aromatic nitrogens is 2. The molecule has 1 heterocycles. The first-order valence-corrected chi connectivity index (χ1v) is 6.03. The third kappa shape index (κ3) is 2.54. The van der Waals surface area contributed by atoms with Crippen molar-refractivity contribution in [3.8, 4) is 5.75 Å². The maximum atomic E-state index is 5.76. The molecule has 0 unspecified atom stereocenters. The number of hydrogen-bond acceptors (Lipinski definition) is 4. The molecule has 2 rings (SSSR count). The van der Waals surface area contributed by atoms with Gasteiger partial charge < -0.3 is 9.64 Å². The highest BCUT2D eigenvalue weighted by molar-refractivity contribution is 6.16. The second-order valence-corrected chi connectivity index (χ2v) is 4.00. The van der Waals surface area contributed by atoms with Gasteiger partial charge in [0.25, 0.3) is 0 Å². The lowest BCUT2D eigenvalue weighted by Crippen LogP contribution is -2.13. The number of para-hydroxylation sites is 2. The summed E-state index contributed by atoms with van der Waals surface area (Å²) in [5, 5.41) is 0. The second kappa shape index (κ2) is 5.69. The summed E-state index contributed by atoms with van der Waals surface area (Å²) in [6, 6.07) is 7.75. The first kappa shape index (κ1) is 12.6. The summed E-state index contributed by atoms with van der Waals surface area (Å²) in [7, 11) is 3.56. The van der Waals surface area contributed by atoms with Gasteiger partial charge in [-0.05, 0) is 12.1 Å². The second-order valence-electron chi connectivity index (χ2n) is 3.73. The number of ether oxygens (including phenoxy) is 1. The van der Waals surface area contributed by atoms with Crippen LogP contribution in [-0.4, -0.2) is 24.1 Å². The molecule has 94 valence electrons. The van der Waals surface area contributed by atoms with Crippen LogP contribution in [0, 0.1) is 0 Å². The van der Waals surface area contributed by atoms with Gasteiger partial charge in [-0.25, -0.2) is 4.98 Å². The van der Waals surface area contributed by atoms with E-state index in [2.05, 4.69) is 9.97 Å². The molecule has 1 aromatic heterocycles. The summed E-state index contributed by atoms with van der Waals surface area (Å²) < 4.78 is 5.33. The van der Waals surface area contributed by atoms with E-state index in [1.807, 2.05) is 36.2 Å². The Hall–Kier alpha value is -1.81. The minimum atomic E-state index is 0.348. The van der Waals surface area contributed by atoms with E-state index >= 15 is 0 Å². The Labute approximate surface area is 111 Å². The van der Waals surface area contributed by atoms with Crippen molar-refractivity contribution in [2.75, 3.05) is 19.1 Å². The average Bonchev–Trinajstić information content (AvgIpc) is 2.46. The minimum absolute atomic E-state index is 0.348. The van der Waals surface area contributed by atoms with E-state index in [9.17, 15) is 0 Å². The van der Waals surface area contributed by atoms with Crippen molar-refractivity contribution in [2.45, 2.75) is 5.88 Å². The maximum absolute atomic E-state index is 5.76. The predicted molar refractivity (Wildman–Crippen MR) is 72.6 cm³/mol. The molecule has 0 atom stereocenters. The van der Waals surface area contributed by atoms with Crippen LogP contribution in [0.25, 0.3) is 0 Å². The Morgan fingerprint density at radius 1 is 1.28 bits per heavy atom. The molecule has 0 N–H and O–H groups in total. The summed E-state index contributed by atoms with van der Waals surface area (Å²) in [4.78, 5) is 10.5. The van der Waals surface area contributed by atoms with Crippen molar-refractivity contribution in [3.05, 3.63) is 42.4 Å². The Kier molecular flexibility index (Phi) is 3.99. The first-order chi connectivity index (χ1) is 8.76. The molecule has 0 spiro atoms. The largest absolute Gasteiger partial charge is 0.495 e. The van der Waals surface area contributed by atoms with Crippen LogP contribution >= 0.6 is 11.6 Å². The van der Waals surface area contributed by atoms with E-state index in [1.165, 1.54) is 0 Å². The van der Waals surface area contributed by atoms with E-state index in [0.29, 0.717) is 5.88 Å². The van der Waals surface area contributed by atoms with E-state index in [4.69, 9.17) is 16.3 Å². The number of benzene rings is 1. The SMILES string of the molecule is COc1ccccc1N(C)c1cncc(CCl)n1. The molecule has 0 aliphatic heterocycles. The number of nitrogens with zero attached hydrogens (tertiary/aromatic N) is 3. The van der Waals surface area contributed by atoms with Crippen LogP contribution in [0.2, 0.25) is 0 Å². The summed E-state index contributed by atoms with van der Waals surface area (Å²) in [5.41, 5.74) is 1.68. The Morgan fingerprint density at radius 3 is 2.78 bits per heavy atom. The van der Waals surface area contributed by atoms with Gasteiger partial charge in [-0.1, -0.05) is 12.1 Å². The Morgan fingerprint density at radius 2 is 2.06 bits per heavy atom. The van der Waals surface area contributed by atoms with Gasteiger partial charge in [-0.2, -0.15) is 0 Å². The maximum Gasteiger partial charge on any atom is 0.151 e. The fraction of sp³-hybridized carbons (Fsp3) is 0.231. The molecular formula is C13H14ClN3O. The van der Waals surface area contributed by atoms with Gasteiger partial charge in [0.05, 0.1) is 30.6 Å². The fourth-order valence-corrected chi connectivity index (χ4v) is 1.78. The lowest BCUT2D eigenvalue weighted by molar-refractivity contribution is 0.415. The molecule has 0 amide bonds. The highest BCUT2D eigenvalue weighted by Crippen LogP contribution is 2.30. The molecule has 0 saturated heterocycles. The van der Waals surface area contributed by atoms with Crippen molar-refractivity contribution in [1.82, 2.24) is 9.97 Å². The van der Waals surface area contributed by atoms with Gasteiger partial charge in [0.15, 0.2) is 5.82 Å². The van der Waals surface area contributed by atoms with Crippen molar-refractivity contribution in [1.29, 1.82) is 0 Å². The van der Waals surface area contributed by atoms with Gasteiger partial charge in [0.2, 0.25) is 0 Å². The van der Waals surface area contributed by atoms with Crippen LogP contribution in [0.1, 0.15) is 5.69 Å². The van der Waals surface area contributed by atoms with E-state index in [-0.39, 0.29) is 0 Å². The van der Waals surface area contributed by atoms with Crippen LogP contribution in [0.15, 0.2) is 36.7 Å². The minimum Gasteiger partial charge on any atom is -0.495 e. The topological polar surface area (TPSA) is 38.2 Å². The van der Waals surface area contributed by atoms with Gasteiger partial charge in [-0.15, -0.1) is 11.6 Å². The van der Waals surface area contributed by atoms with Crippen LogP contribution in [0.5, 0.6) is 5.75 Å². The molecule has 0 aliphatic carbocycles. The molecule has 2 aromatic rings. The smallest absolute Gasteiger partial charge is 0.151 e. The molecule has 0 aliphatic rings. The summed E-state index contributed by atoms with van der Waals surface area (Å²) in [5.74, 6) is 1.87. The lowest BCUT2D eigenvalue weighted by Gasteiger charge is -2.20. The molecule has 5 heteroatoms. The van der Waals surface area contributed by atoms with Crippen molar-refractivity contribution in [3.63, 3.8) is 0 Å². The van der Waals surface area contributed by atoms with E-state index in [0.717, 1.165) is 22.9 Å². The molecule has 0 radical (unpaired) electrons. The number of alkyl halides is 1. The third-order valence-electron chi connectivity index (χ3n) is 2.60. The van der Waals surface area contributed by atoms with Crippen molar-refractivity contribution in [2.24, 2.45) is 0 Å². The highest BCUT2D eigenvalue weighted by Gasteiger charge is 2.11. The standard InChI is InChI=1S/C13H14ClN3O/c1-17(11-5-3-4-6-12(11)18-2)13-9-15-8-10(7-14)16-13/h3-6,8-9H,7H2,1-2H3. The summed E-state index contributed by atoms with van der Waals surface area (Å²) in [6.45, 7) is 0. The van der Waals surface area contributed by atoms with E-state index < -0.39 is 0 Å². The molecule has 0 fully saturated rings. The Balaban J connectivity index is 2.37. The molecule has 1 aromatic carbocycles. The number of anilines is 2. The third-order valence-corrected chi connectivity index (χ3v) is 2.87. The zero-order valence-corrected chi connectivity index (χ0v) is 11.1. The van der Waals surface area contributed by atoms with Crippen molar-refractivity contribution < 1.29 is 4.74 Å². The van der Waals surface area contributed by atoms with Crippen molar-refractivity contribution >= 4 is 23.1 Å². The van der Waals surface area contributed by atoms with Gasteiger partial charge in [0.1, 0.15) is 5.75 Å². The fourth-order valence-electron chi connectivity index (χ4n) is 1.65. The summed E-state index contributed by atoms with van der Waals surface area (Å²) in [6.07, 6.45) is 3.36. The van der Waals surface area contributed by atoms with Crippen LogP contribution < -0.4 is 9.64 Å². The van der Waals surface area contributed by atoms with Crippen LogP contribution in [-0.2, 0) is 5.88 Å². The number of hydrogen-bond donors (Lipinski definition) is 0. The number of halogens is 1. The van der Waals surface area contributed by atoms with Gasteiger partial charge in [0, 0.05) is 13.2 Å². The number of methoxy groups -OCH3 is 1. The lowest BCUT2D eigenvalue weighted by atomic mass is 10.2. The van der Waals surface area contributed by atoms with E-state index in [1.54, 1.807) is 19.5 Å². The molecule has 4 nitrogen and oxygen atoms in total.